The Morgan fingerprint density at radius 3 is 2.53 bits per heavy atom. The van der Waals surface area contributed by atoms with Crippen LogP contribution < -0.4 is 5.32 Å². The summed E-state index contributed by atoms with van der Waals surface area (Å²) in [5.41, 5.74) is 4.36. The molecule has 4 nitrogen and oxygen atoms in total. The molecule has 0 atom stereocenters. The summed E-state index contributed by atoms with van der Waals surface area (Å²) in [5.74, 6) is -0.935. The summed E-state index contributed by atoms with van der Waals surface area (Å²) in [5, 5.41) is 12.2. The third-order valence-corrected chi connectivity index (χ3v) is 2.76. The molecule has 19 heavy (non-hydrogen) atoms. The fourth-order valence-corrected chi connectivity index (χ4v) is 1.98. The van der Waals surface area contributed by atoms with E-state index in [2.05, 4.69) is 16.4 Å². The molecule has 2 N–H and O–H groups in total. The average molecular weight is 256 g/mol. The van der Waals surface area contributed by atoms with Crippen molar-refractivity contribution in [3.8, 4) is 0 Å². The second-order valence-corrected chi connectivity index (χ2v) is 4.57. The summed E-state index contributed by atoms with van der Waals surface area (Å²) < 4.78 is 0. The van der Waals surface area contributed by atoms with Crippen LogP contribution in [0.1, 0.15) is 27.2 Å². The van der Waals surface area contributed by atoms with Gasteiger partial charge in [-0.15, -0.1) is 0 Å². The van der Waals surface area contributed by atoms with Crippen molar-refractivity contribution in [3.63, 3.8) is 0 Å². The predicted octanol–water partition coefficient (Wildman–Crippen LogP) is 3.01. The number of nitrogens with one attached hydrogen (secondary N) is 1. The predicted molar refractivity (Wildman–Crippen MR) is 74.4 cm³/mol. The molecule has 0 fully saturated rings. The molecule has 4 heteroatoms. The first-order valence-electron chi connectivity index (χ1n) is 6.05. The number of hydrogen-bond acceptors (Lipinski definition) is 3. The molecule has 1 aromatic heterocycles. The van der Waals surface area contributed by atoms with Crippen molar-refractivity contribution < 1.29 is 9.90 Å². The molecule has 0 saturated heterocycles. The number of anilines is 1. The number of rotatable bonds is 4. The van der Waals surface area contributed by atoms with Crippen molar-refractivity contribution in [1.82, 2.24) is 4.98 Å². The zero-order valence-corrected chi connectivity index (χ0v) is 11.0. The normalized spacial score (nSPS) is 10.2. The second-order valence-electron chi connectivity index (χ2n) is 4.57. The highest BCUT2D eigenvalue weighted by molar-refractivity contribution is 5.87. The number of aryl methyl sites for hydroxylation is 2. The molecule has 0 radical (unpaired) electrons. The smallest absolute Gasteiger partial charge is 0.335 e. The van der Waals surface area contributed by atoms with Crippen molar-refractivity contribution in [2.45, 2.75) is 20.4 Å². The van der Waals surface area contributed by atoms with Crippen LogP contribution in [0, 0.1) is 13.8 Å². The highest BCUT2D eigenvalue weighted by Crippen LogP contribution is 2.14. The lowest BCUT2D eigenvalue weighted by atomic mass is 10.1. The van der Waals surface area contributed by atoms with E-state index in [0.29, 0.717) is 12.2 Å². The van der Waals surface area contributed by atoms with Gasteiger partial charge in [0, 0.05) is 11.9 Å². The fourth-order valence-electron chi connectivity index (χ4n) is 1.98. The van der Waals surface area contributed by atoms with Crippen molar-refractivity contribution in [2.75, 3.05) is 5.32 Å². The van der Waals surface area contributed by atoms with Gasteiger partial charge in [-0.3, -0.25) is 4.98 Å². The number of carboxylic acid groups (broad SMARTS) is 1. The third kappa shape index (κ3) is 3.55. The summed E-state index contributed by atoms with van der Waals surface area (Å²) in [6, 6.07) is 9.28. The molecular weight excluding hydrogens is 240 g/mol. The molecule has 0 spiro atoms. The van der Waals surface area contributed by atoms with E-state index in [4.69, 9.17) is 5.11 Å². The van der Waals surface area contributed by atoms with E-state index in [1.165, 1.54) is 23.4 Å². The van der Waals surface area contributed by atoms with Gasteiger partial charge in [-0.25, -0.2) is 4.79 Å². The zero-order chi connectivity index (χ0) is 13.8. The van der Waals surface area contributed by atoms with Gasteiger partial charge in [0.05, 0.1) is 17.8 Å². The Morgan fingerprint density at radius 2 is 1.89 bits per heavy atom. The monoisotopic (exact) mass is 256 g/mol. The molecule has 2 aromatic rings. The fraction of sp³-hybridized carbons (Fsp3) is 0.200. The number of carbonyl (C=O) groups is 1. The Labute approximate surface area is 112 Å². The van der Waals surface area contributed by atoms with Crippen LogP contribution in [0.3, 0.4) is 0 Å². The maximum absolute atomic E-state index is 10.9. The lowest BCUT2D eigenvalue weighted by molar-refractivity contribution is 0.0696. The van der Waals surface area contributed by atoms with Crippen molar-refractivity contribution in [1.29, 1.82) is 0 Å². The molecule has 2 rings (SSSR count). The van der Waals surface area contributed by atoms with E-state index in [0.717, 1.165) is 5.69 Å². The van der Waals surface area contributed by atoms with Crippen LogP contribution in [0.15, 0.2) is 36.5 Å². The number of aromatic nitrogens is 1. The van der Waals surface area contributed by atoms with E-state index < -0.39 is 5.97 Å². The molecule has 1 heterocycles. The van der Waals surface area contributed by atoms with E-state index in [1.54, 1.807) is 6.07 Å². The van der Waals surface area contributed by atoms with Crippen molar-refractivity contribution >= 4 is 11.7 Å². The Bertz CT molecular complexity index is 589. The Morgan fingerprint density at radius 1 is 1.21 bits per heavy atom. The first-order valence-corrected chi connectivity index (χ1v) is 6.05. The van der Waals surface area contributed by atoms with Crippen LogP contribution in [0.4, 0.5) is 5.69 Å². The van der Waals surface area contributed by atoms with Crippen LogP contribution in [-0.4, -0.2) is 16.1 Å². The minimum Gasteiger partial charge on any atom is -0.478 e. The summed E-state index contributed by atoms with van der Waals surface area (Å²) in [6.45, 7) is 4.59. The number of carboxylic acids is 1. The first kappa shape index (κ1) is 13.1. The zero-order valence-electron chi connectivity index (χ0n) is 11.0. The van der Waals surface area contributed by atoms with Gasteiger partial charge in [0.25, 0.3) is 0 Å². The Balaban J connectivity index is 2.10. The maximum Gasteiger partial charge on any atom is 0.335 e. The molecule has 0 unspecified atom stereocenters. The van der Waals surface area contributed by atoms with Gasteiger partial charge in [-0.2, -0.15) is 0 Å². The van der Waals surface area contributed by atoms with E-state index in [9.17, 15) is 4.79 Å². The maximum atomic E-state index is 10.9. The lowest BCUT2D eigenvalue weighted by Crippen LogP contribution is -2.04. The number of hydrogen-bond donors (Lipinski definition) is 2. The Hall–Kier alpha value is -2.36. The van der Waals surface area contributed by atoms with Gasteiger partial charge >= 0.3 is 5.97 Å². The highest BCUT2D eigenvalue weighted by Gasteiger charge is 2.04. The Kier molecular flexibility index (Phi) is 3.80. The summed E-state index contributed by atoms with van der Waals surface area (Å²) in [6.07, 6.45) is 1.52. The summed E-state index contributed by atoms with van der Waals surface area (Å²) in [4.78, 5) is 15.0. The quantitative estimate of drug-likeness (QED) is 0.882. The SMILES string of the molecule is Cc1cc(C)cc(NCc2cc(C(=O)O)ccn2)c1. The van der Waals surface area contributed by atoms with Crippen molar-refractivity contribution in [2.24, 2.45) is 0 Å². The standard InChI is InChI=1S/C15H16N2O2/c1-10-5-11(2)7-13(6-10)17-9-14-8-12(15(18)19)3-4-16-14/h3-8,17H,9H2,1-2H3,(H,18,19). The third-order valence-electron chi connectivity index (χ3n) is 2.76. The van der Waals surface area contributed by atoms with Crippen LogP contribution in [-0.2, 0) is 6.54 Å². The lowest BCUT2D eigenvalue weighted by Gasteiger charge is -2.08. The van der Waals surface area contributed by atoms with E-state index in [-0.39, 0.29) is 5.56 Å². The molecule has 0 amide bonds. The number of nitrogens with zero attached hydrogens (tertiary/aromatic N) is 1. The van der Waals surface area contributed by atoms with Crippen LogP contribution in [0.5, 0.6) is 0 Å². The topological polar surface area (TPSA) is 62.2 Å². The minimum absolute atomic E-state index is 0.257. The number of benzene rings is 1. The molecule has 0 saturated carbocycles. The van der Waals surface area contributed by atoms with E-state index in [1.807, 2.05) is 26.0 Å². The molecule has 0 aliphatic rings. The van der Waals surface area contributed by atoms with Gasteiger partial charge in [0.2, 0.25) is 0 Å². The van der Waals surface area contributed by atoms with Crippen LogP contribution >= 0.6 is 0 Å². The second kappa shape index (κ2) is 5.52. The van der Waals surface area contributed by atoms with Gasteiger partial charge in [0.1, 0.15) is 0 Å². The first-order chi connectivity index (χ1) is 9.04. The molecule has 98 valence electrons. The summed E-state index contributed by atoms with van der Waals surface area (Å²) >= 11 is 0. The molecular formula is C15H16N2O2. The molecule has 0 aliphatic carbocycles. The number of aromatic carboxylic acids is 1. The van der Waals surface area contributed by atoms with Gasteiger partial charge in [-0.05, 0) is 49.2 Å². The minimum atomic E-state index is -0.935. The molecule has 1 aromatic carbocycles. The van der Waals surface area contributed by atoms with Crippen molar-refractivity contribution in [3.05, 3.63) is 58.9 Å². The molecule has 0 aliphatic heterocycles. The van der Waals surface area contributed by atoms with Gasteiger partial charge < -0.3 is 10.4 Å². The molecule has 0 bridgehead atoms. The van der Waals surface area contributed by atoms with Gasteiger partial charge in [0.15, 0.2) is 0 Å². The largest absolute Gasteiger partial charge is 0.478 e. The van der Waals surface area contributed by atoms with Crippen LogP contribution in [0.25, 0.3) is 0 Å². The average Bonchev–Trinajstić information content (AvgIpc) is 2.35. The highest BCUT2D eigenvalue weighted by atomic mass is 16.4. The van der Waals surface area contributed by atoms with Crippen LogP contribution in [0.2, 0.25) is 0 Å². The van der Waals surface area contributed by atoms with Gasteiger partial charge in [-0.1, -0.05) is 6.07 Å². The van der Waals surface area contributed by atoms with E-state index >= 15 is 0 Å². The number of pyridine rings is 1. The summed E-state index contributed by atoms with van der Waals surface area (Å²) in [7, 11) is 0.